The minimum absolute atomic E-state index is 0.195. The number of aliphatic hydroxyl groups is 1. The van der Waals surface area contributed by atoms with E-state index in [1.165, 1.54) is 0 Å². The number of aromatic nitrogens is 1. The van der Waals surface area contributed by atoms with E-state index in [1.54, 1.807) is 0 Å². The molecule has 0 bridgehead atoms. The number of ether oxygens (including phenoxy) is 1. The third kappa shape index (κ3) is 3.11. The molecule has 6 nitrogen and oxygen atoms in total. The number of aromatic amines is 1. The van der Waals surface area contributed by atoms with Crippen LogP contribution in [0.1, 0.15) is 17.0 Å². The molecular weight excluding hydrogens is 268 g/mol. The number of aliphatic hydroxyl groups excluding tert-OH is 1. The number of rotatable bonds is 3. The maximum Gasteiger partial charge on any atom is 0.101 e. The van der Waals surface area contributed by atoms with E-state index in [1.807, 2.05) is 13.0 Å². The summed E-state index contributed by atoms with van der Waals surface area (Å²) in [5.74, 6) is 0. The summed E-state index contributed by atoms with van der Waals surface area (Å²) in [4.78, 5) is 7.83. The highest BCUT2D eigenvalue weighted by atomic mass is 16.5. The molecule has 0 aliphatic carbocycles. The zero-order chi connectivity index (χ0) is 14.8. The Hall–Kier alpha value is -1.39. The maximum absolute atomic E-state index is 10.3. The van der Waals surface area contributed by atoms with E-state index in [4.69, 9.17) is 10.00 Å². The standard InChI is InChI=1S/C15H22N4O2/c1-11-12(7-16)6-13(17-11)8-18-9-14(15(20)10-18)19-2-4-21-5-3-19/h6,14-15,17,20H,2-5,8-10H2,1H3. The van der Waals surface area contributed by atoms with Crippen molar-refractivity contribution in [3.63, 3.8) is 0 Å². The first-order chi connectivity index (χ1) is 10.2. The average molecular weight is 290 g/mol. The molecule has 114 valence electrons. The van der Waals surface area contributed by atoms with Gasteiger partial charge in [-0.25, -0.2) is 0 Å². The molecular formula is C15H22N4O2. The van der Waals surface area contributed by atoms with Crippen LogP contribution in [0.4, 0.5) is 0 Å². The van der Waals surface area contributed by atoms with Gasteiger partial charge in [0, 0.05) is 50.2 Å². The predicted molar refractivity (Wildman–Crippen MR) is 77.7 cm³/mol. The van der Waals surface area contributed by atoms with E-state index in [0.29, 0.717) is 12.1 Å². The van der Waals surface area contributed by atoms with Crippen LogP contribution < -0.4 is 0 Å². The third-order valence-corrected chi connectivity index (χ3v) is 4.43. The lowest BCUT2D eigenvalue weighted by Gasteiger charge is -2.33. The van der Waals surface area contributed by atoms with Gasteiger partial charge in [-0.2, -0.15) is 5.26 Å². The van der Waals surface area contributed by atoms with Crippen LogP contribution in [0.2, 0.25) is 0 Å². The first-order valence-corrected chi connectivity index (χ1v) is 7.48. The first kappa shape index (κ1) is 14.5. The van der Waals surface area contributed by atoms with Crippen molar-refractivity contribution in [1.82, 2.24) is 14.8 Å². The molecule has 2 N–H and O–H groups in total. The lowest BCUT2D eigenvalue weighted by molar-refractivity contribution is -0.00618. The second-order valence-corrected chi connectivity index (χ2v) is 5.92. The van der Waals surface area contributed by atoms with E-state index < -0.39 is 0 Å². The second-order valence-electron chi connectivity index (χ2n) is 5.92. The molecule has 0 saturated carbocycles. The monoisotopic (exact) mass is 290 g/mol. The Morgan fingerprint density at radius 2 is 2.19 bits per heavy atom. The third-order valence-electron chi connectivity index (χ3n) is 4.43. The molecule has 6 heteroatoms. The van der Waals surface area contributed by atoms with Crippen molar-refractivity contribution < 1.29 is 9.84 Å². The summed E-state index contributed by atoms with van der Waals surface area (Å²) >= 11 is 0. The van der Waals surface area contributed by atoms with Crippen molar-refractivity contribution in [3.8, 4) is 6.07 Å². The van der Waals surface area contributed by atoms with Crippen LogP contribution in [0.25, 0.3) is 0 Å². The van der Waals surface area contributed by atoms with E-state index in [9.17, 15) is 5.11 Å². The summed E-state index contributed by atoms with van der Waals surface area (Å²) in [5, 5.41) is 19.3. The zero-order valence-electron chi connectivity index (χ0n) is 12.4. The highest BCUT2D eigenvalue weighted by molar-refractivity contribution is 5.35. The fourth-order valence-corrected chi connectivity index (χ4v) is 3.31. The number of H-pyrrole nitrogens is 1. The van der Waals surface area contributed by atoms with Crippen molar-refractivity contribution in [2.45, 2.75) is 25.6 Å². The van der Waals surface area contributed by atoms with E-state index >= 15 is 0 Å². The first-order valence-electron chi connectivity index (χ1n) is 7.48. The fraction of sp³-hybridized carbons (Fsp3) is 0.667. The van der Waals surface area contributed by atoms with Crippen LogP contribution in [-0.2, 0) is 11.3 Å². The molecule has 2 atom stereocenters. The summed E-state index contributed by atoms with van der Waals surface area (Å²) in [6.45, 7) is 7.52. The van der Waals surface area contributed by atoms with Gasteiger partial charge in [-0.05, 0) is 13.0 Å². The molecule has 2 aliphatic heterocycles. The van der Waals surface area contributed by atoms with Crippen LogP contribution in [-0.4, -0.2) is 71.4 Å². The quantitative estimate of drug-likeness (QED) is 0.824. The van der Waals surface area contributed by atoms with Crippen LogP contribution in [0.15, 0.2) is 6.07 Å². The summed E-state index contributed by atoms with van der Waals surface area (Å²) < 4.78 is 5.37. The van der Waals surface area contributed by atoms with E-state index in [0.717, 1.165) is 50.8 Å². The highest BCUT2D eigenvalue weighted by Crippen LogP contribution is 2.20. The number of nitriles is 1. The summed E-state index contributed by atoms with van der Waals surface area (Å²) in [6, 6.07) is 4.29. The number of likely N-dealkylation sites (tertiary alicyclic amines) is 1. The highest BCUT2D eigenvalue weighted by Gasteiger charge is 2.36. The molecule has 0 aromatic carbocycles. The van der Waals surface area contributed by atoms with Crippen LogP contribution in [0, 0.1) is 18.3 Å². The summed E-state index contributed by atoms with van der Waals surface area (Å²) in [6.07, 6.45) is -0.311. The molecule has 2 aliphatic rings. The van der Waals surface area contributed by atoms with Crippen molar-refractivity contribution in [2.24, 2.45) is 0 Å². The Balaban J connectivity index is 1.61. The molecule has 21 heavy (non-hydrogen) atoms. The van der Waals surface area contributed by atoms with Gasteiger partial charge in [0.2, 0.25) is 0 Å². The molecule has 1 aromatic heterocycles. The Kier molecular flexibility index (Phi) is 4.27. The van der Waals surface area contributed by atoms with Crippen LogP contribution in [0.5, 0.6) is 0 Å². The minimum atomic E-state index is -0.311. The number of morpholine rings is 1. The van der Waals surface area contributed by atoms with Gasteiger partial charge in [-0.15, -0.1) is 0 Å². The normalized spacial score (nSPS) is 27.9. The maximum atomic E-state index is 10.3. The Labute approximate surface area is 124 Å². The lowest BCUT2D eigenvalue weighted by atomic mass is 10.2. The number of β-amino-alcohol motifs (C(OH)–C–C–N with tert-alkyl or cyclic N) is 1. The van der Waals surface area contributed by atoms with Gasteiger partial charge in [0.1, 0.15) is 6.07 Å². The molecule has 3 rings (SSSR count). The average Bonchev–Trinajstić information content (AvgIpc) is 3.02. The van der Waals surface area contributed by atoms with Crippen LogP contribution >= 0.6 is 0 Å². The smallest absolute Gasteiger partial charge is 0.101 e. The Morgan fingerprint density at radius 3 is 2.86 bits per heavy atom. The van der Waals surface area contributed by atoms with Gasteiger partial charge in [0.25, 0.3) is 0 Å². The molecule has 0 spiro atoms. The van der Waals surface area contributed by atoms with Gasteiger partial charge < -0.3 is 14.8 Å². The van der Waals surface area contributed by atoms with Crippen molar-refractivity contribution >= 4 is 0 Å². The van der Waals surface area contributed by atoms with Crippen LogP contribution in [0.3, 0.4) is 0 Å². The molecule has 2 unspecified atom stereocenters. The SMILES string of the molecule is Cc1[nH]c(CN2CC(O)C(N3CCOCC3)C2)cc1C#N. The van der Waals surface area contributed by atoms with Gasteiger partial charge in [-0.1, -0.05) is 0 Å². The zero-order valence-corrected chi connectivity index (χ0v) is 12.4. The Morgan fingerprint density at radius 1 is 1.43 bits per heavy atom. The number of aryl methyl sites for hydroxylation is 1. The van der Waals surface area contributed by atoms with Gasteiger partial charge in [0.15, 0.2) is 0 Å². The van der Waals surface area contributed by atoms with Gasteiger partial charge in [-0.3, -0.25) is 9.80 Å². The number of nitrogens with zero attached hydrogens (tertiary/aromatic N) is 3. The topological polar surface area (TPSA) is 75.5 Å². The molecule has 1 aromatic rings. The van der Waals surface area contributed by atoms with E-state index in [2.05, 4.69) is 20.9 Å². The van der Waals surface area contributed by atoms with Crippen molar-refractivity contribution in [2.75, 3.05) is 39.4 Å². The van der Waals surface area contributed by atoms with Gasteiger partial charge >= 0.3 is 0 Å². The summed E-state index contributed by atoms with van der Waals surface area (Å²) in [5.41, 5.74) is 2.66. The molecule has 0 radical (unpaired) electrons. The number of nitrogens with one attached hydrogen (secondary N) is 1. The molecule has 3 heterocycles. The molecule has 2 saturated heterocycles. The summed E-state index contributed by atoms with van der Waals surface area (Å²) in [7, 11) is 0. The van der Waals surface area contributed by atoms with Crippen molar-refractivity contribution in [3.05, 3.63) is 23.0 Å². The predicted octanol–water partition coefficient (Wildman–Crippen LogP) is 0.0721. The second kappa shape index (κ2) is 6.16. The van der Waals surface area contributed by atoms with Crippen molar-refractivity contribution in [1.29, 1.82) is 5.26 Å². The fourth-order valence-electron chi connectivity index (χ4n) is 3.31. The Bertz CT molecular complexity index is 530. The molecule has 2 fully saturated rings. The van der Waals surface area contributed by atoms with Gasteiger partial charge in [0.05, 0.1) is 24.9 Å². The largest absolute Gasteiger partial charge is 0.390 e. The van der Waals surface area contributed by atoms with E-state index in [-0.39, 0.29) is 12.1 Å². The lowest BCUT2D eigenvalue weighted by Crippen LogP contribution is -2.48. The molecule has 0 amide bonds. The minimum Gasteiger partial charge on any atom is -0.390 e. The number of hydrogen-bond acceptors (Lipinski definition) is 5. The number of hydrogen-bond donors (Lipinski definition) is 2.